The van der Waals surface area contributed by atoms with Gasteiger partial charge in [-0.1, -0.05) is 43.3 Å². The second kappa shape index (κ2) is 10.9. The fourth-order valence-corrected chi connectivity index (χ4v) is 4.80. The van der Waals surface area contributed by atoms with Gasteiger partial charge in [0.25, 0.3) is 5.85 Å². The van der Waals surface area contributed by atoms with Gasteiger partial charge in [-0.05, 0) is 43.7 Å². The summed E-state index contributed by atoms with van der Waals surface area (Å²) in [5.41, 5.74) is 0.708. The van der Waals surface area contributed by atoms with Crippen molar-refractivity contribution in [2.24, 2.45) is 5.92 Å². The maximum atomic E-state index is 13.1. The Morgan fingerprint density at radius 1 is 1.03 bits per heavy atom. The van der Waals surface area contributed by atoms with Gasteiger partial charge in [-0.2, -0.15) is 0 Å². The number of anilines is 1. The van der Waals surface area contributed by atoms with E-state index in [0.29, 0.717) is 12.1 Å². The Kier molecular flexibility index (Phi) is 7.76. The van der Waals surface area contributed by atoms with E-state index in [9.17, 15) is 14.4 Å². The number of carbonyl (C=O) groups is 3. The van der Waals surface area contributed by atoms with Crippen LogP contribution in [0.1, 0.15) is 48.0 Å². The third-order valence-electron chi connectivity index (χ3n) is 6.44. The normalized spacial score (nSPS) is 21.2. The van der Waals surface area contributed by atoms with E-state index in [-0.39, 0.29) is 12.5 Å². The van der Waals surface area contributed by atoms with Gasteiger partial charge < -0.3 is 14.2 Å². The number of amides is 1. The summed E-state index contributed by atoms with van der Waals surface area (Å²) < 4.78 is 16.9. The number of nitrogens with zero attached hydrogens (tertiary/aromatic N) is 3. The second-order valence-corrected chi connectivity index (χ2v) is 10.6. The first-order chi connectivity index (χ1) is 18.4. The van der Waals surface area contributed by atoms with Crippen LogP contribution >= 0.6 is 0 Å². The maximum absolute atomic E-state index is 13.1. The molecular weight excluding hydrogens is 500 g/mol. The fourth-order valence-electron chi connectivity index (χ4n) is 4.80. The van der Waals surface area contributed by atoms with Crippen LogP contribution in [0.15, 0.2) is 54.7 Å². The monoisotopic (exact) mass is 534 g/mol. The maximum Gasteiger partial charge on any atom is 0.412 e. The zero-order chi connectivity index (χ0) is 28.4. The zero-order valence-corrected chi connectivity index (χ0v) is 23.1. The van der Waals surface area contributed by atoms with Crippen molar-refractivity contribution in [3.8, 4) is 11.3 Å². The average Bonchev–Trinajstić information content (AvgIpc) is 2.85. The number of piperidine rings is 1. The standard InChI is InChI=1S/C29H34N4O6/c1-18-25(37-19(2)34)14-16-33(29(18,38-20(3)35)32-27(36)39-28(4,5)6)26-30-15-13-24(31-26)23-12-11-21-9-7-8-10-22(21)17-23/h7-13,15,17-18,25H,14,16H2,1-6H3,(H,32,36). The van der Waals surface area contributed by atoms with E-state index in [1.54, 1.807) is 44.9 Å². The molecule has 1 fully saturated rings. The molecule has 206 valence electrons. The van der Waals surface area contributed by atoms with Gasteiger partial charge in [-0.3, -0.25) is 19.8 Å². The van der Waals surface area contributed by atoms with Crippen LogP contribution in [-0.2, 0) is 23.8 Å². The van der Waals surface area contributed by atoms with Crippen LogP contribution in [0.25, 0.3) is 22.0 Å². The largest absolute Gasteiger partial charge is 0.462 e. The van der Waals surface area contributed by atoms with E-state index in [1.165, 1.54) is 13.8 Å². The number of ether oxygens (including phenoxy) is 3. The number of aromatic nitrogens is 2. The number of rotatable bonds is 5. The highest BCUT2D eigenvalue weighted by molar-refractivity contribution is 5.86. The van der Waals surface area contributed by atoms with E-state index < -0.39 is 41.5 Å². The molecule has 2 heterocycles. The highest BCUT2D eigenvalue weighted by atomic mass is 16.6. The predicted molar refractivity (Wildman–Crippen MR) is 146 cm³/mol. The third-order valence-corrected chi connectivity index (χ3v) is 6.44. The van der Waals surface area contributed by atoms with Crippen molar-refractivity contribution in [3.63, 3.8) is 0 Å². The molecule has 0 saturated carbocycles. The fraction of sp³-hybridized carbons (Fsp3) is 0.414. The number of alkyl carbamates (subject to hydrolysis) is 1. The summed E-state index contributed by atoms with van der Waals surface area (Å²) in [5, 5.41) is 4.92. The molecule has 39 heavy (non-hydrogen) atoms. The topological polar surface area (TPSA) is 120 Å². The Morgan fingerprint density at radius 3 is 2.41 bits per heavy atom. The minimum atomic E-state index is -1.80. The lowest BCUT2D eigenvalue weighted by Crippen LogP contribution is -2.72. The molecule has 1 aliphatic heterocycles. The van der Waals surface area contributed by atoms with E-state index >= 15 is 0 Å². The quantitative estimate of drug-likeness (QED) is 0.279. The van der Waals surface area contributed by atoms with Gasteiger partial charge in [0.2, 0.25) is 5.95 Å². The van der Waals surface area contributed by atoms with Crippen molar-refractivity contribution in [1.82, 2.24) is 15.3 Å². The van der Waals surface area contributed by atoms with Crippen LogP contribution in [-0.4, -0.2) is 52.1 Å². The number of hydrogen-bond acceptors (Lipinski definition) is 9. The Hall–Kier alpha value is -4.21. The number of nitrogens with one attached hydrogen (secondary N) is 1. The number of benzene rings is 2. The lowest BCUT2D eigenvalue weighted by Gasteiger charge is -2.51. The molecule has 10 heteroatoms. The van der Waals surface area contributed by atoms with Gasteiger partial charge in [-0.25, -0.2) is 14.8 Å². The van der Waals surface area contributed by atoms with Crippen molar-refractivity contribution in [2.75, 3.05) is 11.4 Å². The van der Waals surface area contributed by atoms with Crippen LogP contribution in [0, 0.1) is 5.92 Å². The van der Waals surface area contributed by atoms with Crippen molar-refractivity contribution in [1.29, 1.82) is 0 Å². The van der Waals surface area contributed by atoms with E-state index in [4.69, 9.17) is 19.2 Å². The molecule has 10 nitrogen and oxygen atoms in total. The Labute approximate surface area is 227 Å². The van der Waals surface area contributed by atoms with E-state index in [0.717, 1.165) is 16.3 Å². The number of carbonyl (C=O) groups excluding carboxylic acids is 3. The Bertz CT molecular complexity index is 1390. The summed E-state index contributed by atoms with van der Waals surface area (Å²) in [6.07, 6.45) is 0.539. The molecule has 1 aliphatic rings. The number of hydrogen-bond donors (Lipinski definition) is 1. The number of esters is 2. The Morgan fingerprint density at radius 2 is 1.74 bits per heavy atom. The molecule has 0 aliphatic carbocycles. The van der Waals surface area contributed by atoms with Gasteiger partial charge in [-0.15, -0.1) is 0 Å². The molecule has 0 radical (unpaired) electrons. The van der Waals surface area contributed by atoms with Crippen LogP contribution < -0.4 is 10.2 Å². The molecule has 3 atom stereocenters. The Balaban J connectivity index is 1.79. The first-order valence-electron chi connectivity index (χ1n) is 12.9. The van der Waals surface area contributed by atoms with Crippen LogP contribution in [0.4, 0.5) is 10.7 Å². The van der Waals surface area contributed by atoms with Crippen LogP contribution in [0.2, 0.25) is 0 Å². The molecule has 1 aromatic heterocycles. The van der Waals surface area contributed by atoms with Gasteiger partial charge in [0.05, 0.1) is 11.6 Å². The van der Waals surface area contributed by atoms with E-state index in [2.05, 4.69) is 10.3 Å². The molecule has 3 unspecified atom stereocenters. The summed E-state index contributed by atoms with van der Waals surface area (Å²) in [6, 6.07) is 15.8. The lowest BCUT2D eigenvalue weighted by atomic mass is 9.89. The second-order valence-electron chi connectivity index (χ2n) is 10.6. The van der Waals surface area contributed by atoms with E-state index in [1.807, 2.05) is 42.5 Å². The third kappa shape index (κ3) is 6.27. The molecule has 2 aromatic carbocycles. The van der Waals surface area contributed by atoms with Gasteiger partial charge in [0.1, 0.15) is 11.7 Å². The summed E-state index contributed by atoms with van der Waals surface area (Å²) in [4.78, 5) is 48.3. The van der Waals surface area contributed by atoms with Crippen molar-refractivity contribution in [2.45, 2.75) is 65.5 Å². The van der Waals surface area contributed by atoms with Crippen molar-refractivity contribution < 1.29 is 28.6 Å². The van der Waals surface area contributed by atoms with Gasteiger partial charge >= 0.3 is 18.0 Å². The molecule has 1 N–H and O–H groups in total. The molecule has 1 amide bonds. The van der Waals surface area contributed by atoms with Gasteiger partial charge in [0, 0.05) is 38.6 Å². The molecule has 1 saturated heterocycles. The first kappa shape index (κ1) is 27.8. The lowest BCUT2D eigenvalue weighted by molar-refractivity contribution is -0.185. The van der Waals surface area contributed by atoms with Crippen molar-refractivity contribution in [3.05, 3.63) is 54.7 Å². The molecule has 4 rings (SSSR count). The summed E-state index contributed by atoms with van der Waals surface area (Å²) in [6.45, 7) is 9.68. The molecule has 0 bridgehead atoms. The summed E-state index contributed by atoms with van der Waals surface area (Å²) in [5.74, 6) is -3.42. The first-order valence-corrected chi connectivity index (χ1v) is 12.9. The van der Waals surface area contributed by atoms with Crippen molar-refractivity contribution >= 4 is 34.8 Å². The average molecular weight is 535 g/mol. The summed E-state index contributed by atoms with van der Waals surface area (Å²) >= 11 is 0. The zero-order valence-electron chi connectivity index (χ0n) is 23.1. The highest BCUT2D eigenvalue weighted by Gasteiger charge is 2.55. The van der Waals surface area contributed by atoms with Gasteiger partial charge in [0.15, 0.2) is 0 Å². The smallest absolute Gasteiger partial charge is 0.412 e. The minimum Gasteiger partial charge on any atom is -0.462 e. The van der Waals surface area contributed by atoms with Crippen LogP contribution in [0.5, 0.6) is 0 Å². The molecule has 3 aromatic rings. The summed E-state index contributed by atoms with van der Waals surface area (Å²) in [7, 11) is 0. The molecular formula is C29H34N4O6. The molecule has 0 spiro atoms. The number of fused-ring (bicyclic) bond motifs is 1. The van der Waals surface area contributed by atoms with Crippen LogP contribution in [0.3, 0.4) is 0 Å². The predicted octanol–water partition coefficient (Wildman–Crippen LogP) is 4.82. The SMILES string of the molecule is CC(=O)OC1CCN(c2nccc(-c3ccc4ccccc4c3)n2)C(NC(=O)OC(C)(C)C)(OC(C)=O)C1C. The minimum absolute atomic E-state index is 0.215. The highest BCUT2D eigenvalue weighted by Crippen LogP contribution is 2.38.